The fourth-order valence-corrected chi connectivity index (χ4v) is 2.44. The molecule has 0 aliphatic carbocycles. The molecule has 3 N–H and O–H groups in total. The van der Waals surface area contributed by atoms with Gasteiger partial charge >= 0.3 is 0 Å². The van der Waals surface area contributed by atoms with E-state index in [1.54, 1.807) is 30.3 Å². The highest BCUT2D eigenvalue weighted by atomic mass is 35.5. The van der Waals surface area contributed by atoms with Crippen LogP contribution in [-0.2, 0) is 11.2 Å². The lowest BCUT2D eigenvalue weighted by molar-refractivity contribution is -0.119. The maximum absolute atomic E-state index is 12.1. The molecule has 7 heteroatoms. The van der Waals surface area contributed by atoms with Crippen LogP contribution in [0.25, 0.3) is 0 Å². The number of benzene rings is 1. The quantitative estimate of drug-likeness (QED) is 0.877. The van der Waals surface area contributed by atoms with E-state index < -0.39 is 17.9 Å². The molecule has 0 saturated heterocycles. The van der Waals surface area contributed by atoms with Gasteiger partial charge in [-0.05, 0) is 29.8 Å². The Labute approximate surface area is 137 Å². The molecule has 1 aromatic carbocycles. The Hall–Kier alpha value is -2.11. The Morgan fingerprint density at radius 3 is 2.36 bits per heavy atom. The summed E-state index contributed by atoms with van der Waals surface area (Å²) in [5.74, 6) is -1.17. The maximum Gasteiger partial charge on any atom is 0.270 e. The molecule has 0 unspecified atom stereocenters. The second-order valence-corrected chi connectivity index (χ2v) is 5.36. The lowest BCUT2D eigenvalue weighted by atomic mass is 10.0. The number of primary amides is 1. The number of amides is 2. The van der Waals surface area contributed by atoms with E-state index in [0.29, 0.717) is 15.6 Å². The molecule has 0 spiro atoms. The van der Waals surface area contributed by atoms with Gasteiger partial charge in [0.2, 0.25) is 5.91 Å². The van der Waals surface area contributed by atoms with Gasteiger partial charge in [0.1, 0.15) is 11.7 Å². The molecular formula is C15H13Cl2N3O2. The molecule has 1 aromatic heterocycles. The van der Waals surface area contributed by atoms with Gasteiger partial charge in [0.05, 0.1) is 0 Å². The predicted molar refractivity (Wildman–Crippen MR) is 84.9 cm³/mol. The van der Waals surface area contributed by atoms with E-state index in [0.717, 1.165) is 0 Å². The lowest BCUT2D eigenvalue weighted by Gasteiger charge is -2.17. The molecule has 2 amide bonds. The number of hydrogen-bond acceptors (Lipinski definition) is 3. The van der Waals surface area contributed by atoms with Gasteiger partial charge in [0.15, 0.2) is 0 Å². The van der Waals surface area contributed by atoms with E-state index in [9.17, 15) is 9.59 Å². The summed E-state index contributed by atoms with van der Waals surface area (Å²) in [4.78, 5) is 27.6. The third kappa shape index (κ3) is 3.96. The zero-order valence-corrected chi connectivity index (χ0v) is 12.9. The number of halogens is 2. The van der Waals surface area contributed by atoms with Crippen LogP contribution in [0.2, 0.25) is 10.0 Å². The molecule has 2 rings (SSSR count). The van der Waals surface area contributed by atoms with Crippen molar-refractivity contribution in [3.8, 4) is 0 Å². The monoisotopic (exact) mass is 337 g/mol. The van der Waals surface area contributed by atoms with Gasteiger partial charge < -0.3 is 11.1 Å². The van der Waals surface area contributed by atoms with E-state index in [1.807, 2.05) is 0 Å². The average Bonchev–Trinajstić information content (AvgIpc) is 2.50. The number of nitrogens with zero attached hydrogens (tertiary/aromatic N) is 1. The van der Waals surface area contributed by atoms with Crippen LogP contribution < -0.4 is 11.1 Å². The van der Waals surface area contributed by atoms with Crippen LogP contribution in [0.1, 0.15) is 16.1 Å². The normalized spacial score (nSPS) is 11.7. The van der Waals surface area contributed by atoms with E-state index in [2.05, 4.69) is 10.3 Å². The van der Waals surface area contributed by atoms with Gasteiger partial charge in [0.25, 0.3) is 5.91 Å². The summed E-state index contributed by atoms with van der Waals surface area (Å²) in [7, 11) is 0. The van der Waals surface area contributed by atoms with Gasteiger partial charge in [-0.3, -0.25) is 14.6 Å². The fourth-order valence-electron chi connectivity index (χ4n) is 1.88. The first-order valence-corrected chi connectivity index (χ1v) is 7.18. The van der Waals surface area contributed by atoms with Gasteiger partial charge in [-0.2, -0.15) is 0 Å². The number of nitrogens with two attached hydrogens (primary N) is 1. The molecule has 1 atom stereocenters. The van der Waals surface area contributed by atoms with Crippen molar-refractivity contribution in [2.24, 2.45) is 5.73 Å². The Balaban J connectivity index is 2.18. The smallest absolute Gasteiger partial charge is 0.270 e. The molecule has 0 fully saturated rings. The number of aromatic nitrogens is 1. The van der Waals surface area contributed by atoms with E-state index >= 15 is 0 Å². The minimum atomic E-state index is -0.938. The second-order valence-electron chi connectivity index (χ2n) is 4.55. The third-order valence-electron chi connectivity index (χ3n) is 3.02. The van der Waals surface area contributed by atoms with Crippen molar-refractivity contribution >= 4 is 35.0 Å². The highest BCUT2D eigenvalue weighted by molar-refractivity contribution is 6.36. The summed E-state index contributed by atoms with van der Waals surface area (Å²) in [6.07, 6.45) is 1.59. The van der Waals surface area contributed by atoms with Crippen molar-refractivity contribution in [2.75, 3.05) is 0 Å². The molecule has 114 valence electrons. The fraction of sp³-hybridized carbons (Fsp3) is 0.133. The molecule has 0 aliphatic heterocycles. The van der Waals surface area contributed by atoms with E-state index in [4.69, 9.17) is 28.9 Å². The molecule has 5 nitrogen and oxygen atoms in total. The van der Waals surface area contributed by atoms with Crippen LogP contribution in [-0.4, -0.2) is 22.8 Å². The minimum Gasteiger partial charge on any atom is -0.368 e. The number of pyridine rings is 1. The molecule has 0 saturated carbocycles. The van der Waals surface area contributed by atoms with Crippen molar-refractivity contribution in [1.29, 1.82) is 0 Å². The first-order chi connectivity index (χ1) is 10.5. The van der Waals surface area contributed by atoms with Gasteiger partial charge in [-0.25, -0.2) is 0 Å². The number of nitrogens with one attached hydrogen (secondary N) is 1. The molecule has 0 aliphatic rings. The minimum absolute atomic E-state index is 0.104. The van der Waals surface area contributed by atoms with E-state index in [1.165, 1.54) is 12.3 Å². The summed E-state index contributed by atoms with van der Waals surface area (Å²) in [5.41, 5.74) is 6.10. The first-order valence-electron chi connectivity index (χ1n) is 6.43. The topological polar surface area (TPSA) is 85.1 Å². The number of carbonyl (C=O) groups excluding carboxylic acids is 2. The number of rotatable bonds is 5. The van der Waals surface area contributed by atoms with Crippen molar-refractivity contribution in [3.05, 3.63) is 63.9 Å². The summed E-state index contributed by atoms with van der Waals surface area (Å²) in [5, 5.41) is 3.36. The highest BCUT2D eigenvalue weighted by Gasteiger charge is 2.22. The lowest BCUT2D eigenvalue weighted by Crippen LogP contribution is -2.46. The van der Waals surface area contributed by atoms with Crippen LogP contribution in [0.3, 0.4) is 0 Å². The van der Waals surface area contributed by atoms with Crippen LogP contribution in [0.15, 0.2) is 42.6 Å². The summed E-state index contributed by atoms with van der Waals surface area (Å²) < 4.78 is 0. The third-order valence-corrected chi connectivity index (χ3v) is 3.72. The molecule has 0 bridgehead atoms. The van der Waals surface area contributed by atoms with Gasteiger partial charge in [-0.1, -0.05) is 35.3 Å². The molecule has 22 heavy (non-hydrogen) atoms. The van der Waals surface area contributed by atoms with Gasteiger partial charge in [0, 0.05) is 22.7 Å². The second kappa shape index (κ2) is 7.24. The van der Waals surface area contributed by atoms with Crippen molar-refractivity contribution < 1.29 is 9.59 Å². The van der Waals surface area contributed by atoms with Crippen LogP contribution >= 0.6 is 23.2 Å². The Morgan fingerprint density at radius 1 is 1.14 bits per heavy atom. The zero-order chi connectivity index (χ0) is 16.1. The first kappa shape index (κ1) is 16.3. The number of hydrogen-bond donors (Lipinski definition) is 2. The Morgan fingerprint density at radius 2 is 1.82 bits per heavy atom. The van der Waals surface area contributed by atoms with Crippen LogP contribution in [0, 0.1) is 0 Å². The molecular weight excluding hydrogens is 325 g/mol. The Bertz CT molecular complexity index is 672. The molecule has 2 aromatic rings. The van der Waals surface area contributed by atoms with Crippen LogP contribution in [0.5, 0.6) is 0 Å². The summed E-state index contributed by atoms with van der Waals surface area (Å²) in [6, 6.07) is 8.96. The SMILES string of the molecule is NC(=O)[C@H](Cc1c(Cl)cccc1Cl)NC(=O)c1ccccn1. The largest absolute Gasteiger partial charge is 0.368 e. The number of carbonyl (C=O) groups is 2. The van der Waals surface area contributed by atoms with Crippen molar-refractivity contribution in [1.82, 2.24) is 10.3 Å². The standard InChI is InChI=1S/C15H13Cl2N3O2/c16-10-4-3-5-11(17)9(10)8-13(14(18)21)20-15(22)12-6-1-2-7-19-12/h1-7,13H,8H2,(H2,18,21)(H,20,22)/t13-/m0/s1. The summed E-state index contributed by atoms with van der Waals surface area (Å²) in [6.45, 7) is 0. The van der Waals surface area contributed by atoms with Crippen molar-refractivity contribution in [3.63, 3.8) is 0 Å². The van der Waals surface area contributed by atoms with E-state index in [-0.39, 0.29) is 12.1 Å². The maximum atomic E-state index is 12.1. The Kier molecular flexibility index (Phi) is 5.35. The summed E-state index contributed by atoms with van der Waals surface area (Å²) >= 11 is 12.1. The molecule has 0 radical (unpaired) electrons. The molecule has 1 heterocycles. The van der Waals surface area contributed by atoms with Crippen molar-refractivity contribution in [2.45, 2.75) is 12.5 Å². The predicted octanol–water partition coefficient (Wildman–Crippen LogP) is 2.21. The zero-order valence-electron chi connectivity index (χ0n) is 11.4. The van der Waals surface area contributed by atoms with Gasteiger partial charge in [-0.15, -0.1) is 0 Å². The highest BCUT2D eigenvalue weighted by Crippen LogP contribution is 2.25. The average molecular weight is 338 g/mol. The van der Waals surface area contributed by atoms with Crippen LogP contribution in [0.4, 0.5) is 0 Å².